The zero-order valence-electron chi connectivity index (χ0n) is 9.76. The summed E-state index contributed by atoms with van der Waals surface area (Å²) in [6, 6.07) is 1.49. The van der Waals surface area contributed by atoms with E-state index in [9.17, 15) is 9.90 Å². The summed E-state index contributed by atoms with van der Waals surface area (Å²) in [6.07, 6.45) is 1.09. The van der Waals surface area contributed by atoms with Crippen molar-refractivity contribution in [2.45, 2.75) is 23.7 Å². The number of nitrogen functional groups attached to an aromatic ring is 1. The van der Waals surface area contributed by atoms with Crippen molar-refractivity contribution in [3.8, 4) is 0 Å². The maximum absolute atomic E-state index is 11.7. The zero-order chi connectivity index (χ0) is 13.3. The lowest BCUT2D eigenvalue weighted by Crippen LogP contribution is -2.34. The smallest absolute Gasteiger partial charge is 0.351 e. The summed E-state index contributed by atoms with van der Waals surface area (Å²) in [5.41, 5.74) is 4.88. The average Bonchev–Trinajstić information content (AvgIpc) is 2.65. The van der Waals surface area contributed by atoms with E-state index < -0.39 is 24.1 Å². The monoisotopic (exact) mass is 273 g/mol. The largest absolute Gasteiger partial charge is 0.394 e. The molecule has 1 aliphatic rings. The van der Waals surface area contributed by atoms with Gasteiger partial charge in [-0.05, 0) is 12.3 Å². The first-order valence-corrected chi connectivity index (χ1v) is 6.69. The fourth-order valence-corrected chi connectivity index (χ4v) is 2.85. The Morgan fingerprint density at radius 1 is 1.67 bits per heavy atom. The number of aromatic nitrogens is 2. The van der Waals surface area contributed by atoms with Gasteiger partial charge in [0.2, 0.25) is 0 Å². The summed E-state index contributed by atoms with van der Waals surface area (Å²) in [7, 11) is 0. The van der Waals surface area contributed by atoms with E-state index in [1.54, 1.807) is 6.26 Å². The summed E-state index contributed by atoms with van der Waals surface area (Å²) in [5.74, 6) is 0.134. The average molecular weight is 273 g/mol. The number of hydrogen-bond acceptors (Lipinski definition) is 7. The molecule has 0 spiro atoms. The Bertz CT molecular complexity index is 480. The van der Waals surface area contributed by atoms with E-state index in [0.717, 1.165) is 0 Å². The van der Waals surface area contributed by atoms with E-state index in [1.807, 2.05) is 0 Å². The number of hydrogen-bond donors (Lipinski definition) is 3. The third kappa shape index (κ3) is 2.24. The predicted molar refractivity (Wildman–Crippen MR) is 67.2 cm³/mol. The molecule has 0 unspecified atom stereocenters. The van der Waals surface area contributed by atoms with Crippen molar-refractivity contribution in [3.05, 3.63) is 22.7 Å². The number of aliphatic hydroxyl groups is 2. The first-order valence-electron chi connectivity index (χ1n) is 5.40. The fraction of sp³-hybridized carbons (Fsp3) is 0.600. The molecule has 0 radical (unpaired) electrons. The first-order chi connectivity index (χ1) is 8.58. The van der Waals surface area contributed by atoms with Crippen LogP contribution in [0.1, 0.15) is 6.23 Å². The lowest BCUT2D eigenvalue weighted by atomic mass is 10.2. The molecule has 0 bridgehead atoms. The van der Waals surface area contributed by atoms with Gasteiger partial charge in [-0.15, -0.1) is 0 Å². The van der Waals surface area contributed by atoms with Gasteiger partial charge in [0.05, 0.1) is 18.0 Å². The second-order valence-electron chi connectivity index (χ2n) is 3.98. The van der Waals surface area contributed by atoms with Crippen LogP contribution in [-0.2, 0) is 4.74 Å². The minimum absolute atomic E-state index is 0.134. The molecule has 1 aliphatic heterocycles. The van der Waals surface area contributed by atoms with Crippen LogP contribution < -0.4 is 11.4 Å². The molecule has 0 saturated carbocycles. The molecular weight excluding hydrogens is 258 g/mol. The van der Waals surface area contributed by atoms with E-state index in [2.05, 4.69) is 4.98 Å². The van der Waals surface area contributed by atoms with Crippen molar-refractivity contribution in [2.75, 3.05) is 18.6 Å². The lowest BCUT2D eigenvalue weighted by Gasteiger charge is -2.19. The van der Waals surface area contributed by atoms with Crippen LogP contribution >= 0.6 is 11.8 Å². The van der Waals surface area contributed by atoms with Crippen LogP contribution in [0.3, 0.4) is 0 Å². The molecule has 0 amide bonds. The maximum Gasteiger partial charge on any atom is 0.351 e. The highest BCUT2D eigenvalue weighted by Gasteiger charge is 2.44. The summed E-state index contributed by atoms with van der Waals surface area (Å²) >= 11 is 1.37. The molecule has 1 fully saturated rings. The van der Waals surface area contributed by atoms with Gasteiger partial charge in [0.25, 0.3) is 0 Å². The summed E-state index contributed by atoms with van der Waals surface area (Å²) in [4.78, 5) is 15.3. The van der Waals surface area contributed by atoms with Crippen molar-refractivity contribution < 1.29 is 14.9 Å². The van der Waals surface area contributed by atoms with Gasteiger partial charge >= 0.3 is 5.69 Å². The summed E-state index contributed by atoms with van der Waals surface area (Å²) in [6.45, 7) is -0.300. The first kappa shape index (κ1) is 13.3. The molecule has 7 nitrogen and oxygen atoms in total. The van der Waals surface area contributed by atoms with Gasteiger partial charge in [-0.1, -0.05) is 0 Å². The molecule has 8 heteroatoms. The number of rotatable bonds is 3. The molecular formula is C10H15N3O4S. The van der Waals surface area contributed by atoms with Gasteiger partial charge in [0.15, 0.2) is 6.23 Å². The van der Waals surface area contributed by atoms with Crippen molar-refractivity contribution in [2.24, 2.45) is 0 Å². The molecule has 4 atom stereocenters. The second-order valence-corrected chi connectivity index (χ2v) is 5.00. The van der Waals surface area contributed by atoms with Crippen LogP contribution in [0.2, 0.25) is 0 Å². The number of nitrogens with zero attached hydrogens (tertiary/aromatic N) is 2. The highest BCUT2D eigenvalue weighted by Crippen LogP contribution is 2.35. The predicted octanol–water partition coefficient (Wildman–Crippen LogP) is -1.19. The molecule has 1 aromatic heterocycles. The van der Waals surface area contributed by atoms with Crippen LogP contribution in [0, 0.1) is 0 Å². The lowest BCUT2D eigenvalue weighted by molar-refractivity contribution is -0.0456. The summed E-state index contributed by atoms with van der Waals surface area (Å²) in [5, 5.41) is 18.7. The van der Waals surface area contributed by atoms with E-state index in [-0.39, 0.29) is 17.7 Å². The molecule has 1 saturated heterocycles. The molecule has 4 N–H and O–H groups in total. The van der Waals surface area contributed by atoms with Crippen molar-refractivity contribution in [1.82, 2.24) is 9.55 Å². The Kier molecular flexibility index (Phi) is 3.91. The fourth-order valence-electron chi connectivity index (χ4n) is 1.97. The van der Waals surface area contributed by atoms with Gasteiger partial charge in [0.1, 0.15) is 11.9 Å². The van der Waals surface area contributed by atoms with Crippen LogP contribution in [0.15, 0.2) is 17.1 Å². The minimum Gasteiger partial charge on any atom is -0.394 e. The third-order valence-corrected chi connectivity index (χ3v) is 3.95. The minimum atomic E-state index is -0.834. The Labute approximate surface area is 108 Å². The van der Waals surface area contributed by atoms with Crippen LogP contribution in [-0.4, -0.2) is 50.1 Å². The number of aliphatic hydroxyl groups excluding tert-OH is 2. The molecule has 100 valence electrons. The topological polar surface area (TPSA) is 111 Å². The SMILES string of the molecule is CS[C@H]1[C@H](O)[C@@H](CO)O[C@H]1n1ccc(N)nc1=O. The summed E-state index contributed by atoms with van der Waals surface area (Å²) < 4.78 is 6.77. The molecule has 18 heavy (non-hydrogen) atoms. The second kappa shape index (κ2) is 5.27. The standard InChI is InChI=1S/C10H15N3O4S/c1-18-8-7(15)5(4-14)17-9(8)13-3-2-6(11)12-10(13)16/h2-3,5,7-9,14-15H,4H2,1H3,(H2,11,12,16)/t5-,7-,8+,9-/m1/s1. The third-order valence-electron chi connectivity index (χ3n) is 2.89. The van der Waals surface area contributed by atoms with Crippen LogP contribution in [0.25, 0.3) is 0 Å². The van der Waals surface area contributed by atoms with Crippen molar-refractivity contribution in [3.63, 3.8) is 0 Å². The van der Waals surface area contributed by atoms with E-state index >= 15 is 0 Å². The van der Waals surface area contributed by atoms with Gasteiger partial charge in [-0.25, -0.2) is 4.79 Å². The van der Waals surface area contributed by atoms with Gasteiger partial charge < -0.3 is 20.7 Å². The molecule has 2 rings (SSSR count). The van der Waals surface area contributed by atoms with Gasteiger partial charge in [-0.2, -0.15) is 16.7 Å². The Morgan fingerprint density at radius 2 is 2.39 bits per heavy atom. The molecule has 0 aliphatic carbocycles. The van der Waals surface area contributed by atoms with E-state index in [0.29, 0.717) is 0 Å². The number of thioether (sulfide) groups is 1. The highest BCUT2D eigenvalue weighted by atomic mass is 32.2. The van der Waals surface area contributed by atoms with E-state index in [4.69, 9.17) is 15.6 Å². The van der Waals surface area contributed by atoms with Crippen LogP contribution in [0.5, 0.6) is 0 Å². The van der Waals surface area contributed by atoms with Gasteiger partial charge in [0, 0.05) is 6.20 Å². The molecule has 2 heterocycles. The maximum atomic E-state index is 11.7. The zero-order valence-corrected chi connectivity index (χ0v) is 10.6. The quantitative estimate of drug-likeness (QED) is 0.635. The molecule has 0 aromatic carbocycles. The van der Waals surface area contributed by atoms with Crippen molar-refractivity contribution in [1.29, 1.82) is 0 Å². The van der Waals surface area contributed by atoms with Crippen LogP contribution in [0.4, 0.5) is 5.82 Å². The van der Waals surface area contributed by atoms with Gasteiger partial charge in [-0.3, -0.25) is 4.57 Å². The molecule has 1 aromatic rings. The van der Waals surface area contributed by atoms with E-state index in [1.165, 1.54) is 28.6 Å². The number of nitrogens with two attached hydrogens (primary N) is 1. The number of ether oxygens (including phenoxy) is 1. The number of anilines is 1. The normalized spacial score (nSPS) is 31.7. The Balaban J connectivity index is 2.35. The highest BCUT2D eigenvalue weighted by molar-refractivity contribution is 7.99. The Hall–Kier alpha value is -1.09. The van der Waals surface area contributed by atoms with Crippen molar-refractivity contribution >= 4 is 17.6 Å². The Morgan fingerprint density at radius 3 is 2.94 bits per heavy atom.